The summed E-state index contributed by atoms with van der Waals surface area (Å²) in [6.07, 6.45) is 0. The number of nitrogens with one attached hydrogen (secondary N) is 2. The van der Waals surface area contributed by atoms with Crippen molar-refractivity contribution in [1.29, 1.82) is 0 Å². The monoisotopic (exact) mass is 345 g/mol. The first-order valence-corrected chi connectivity index (χ1v) is 8.30. The van der Waals surface area contributed by atoms with Gasteiger partial charge < -0.3 is 15.4 Å². The van der Waals surface area contributed by atoms with Crippen LogP contribution in [0, 0.1) is 0 Å². The second-order valence-corrected chi connectivity index (χ2v) is 6.05. The summed E-state index contributed by atoms with van der Waals surface area (Å²) in [4.78, 5) is 14.4. The van der Waals surface area contributed by atoms with E-state index in [1.54, 1.807) is 12.1 Å². The Labute approximate surface area is 146 Å². The van der Waals surface area contributed by atoms with Crippen molar-refractivity contribution in [3.05, 3.63) is 59.1 Å². The largest absolute Gasteiger partial charge is 0.379 e. The van der Waals surface area contributed by atoms with Crippen LogP contribution in [0.1, 0.15) is 5.56 Å². The number of rotatable bonds is 4. The molecule has 0 saturated carbocycles. The Morgan fingerprint density at radius 3 is 2.46 bits per heavy atom. The van der Waals surface area contributed by atoms with Crippen molar-refractivity contribution in [2.75, 3.05) is 36.9 Å². The molecule has 0 radical (unpaired) electrons. The quantitative estimate of drug-likeness (QED) is 0.885. The van der Waals surface area contributed by atoms with Crippen LogP contribution < -0.4 is 10.6 Å². The first-order valence-electron chi connectivity index (χ1n) is 7.92. The van der Waals surface area contributed by atoms with Crippen LogP contribution in [0.2, 0.25) is 5.02 Å². The molecule has 3 rings (SSSR count). The Bertz CT molecular complexity index is 685. The molecule has 0 atom stereocenters. The molecule has 126 valence electrons. The second-order valence-electron chi connectivity index (χ2n) is 5.64. The van der Waals surface area contributed by atoms with Crippen molar-refractivity contribution in [2.45, 2.75) is 6.54 Å². The fourth-order valence-electron chi connectivity index (χ4n) is 2.56. The molecule has 1 aliphatic rings. The van der Waals surface area contributed by atoms with E-state index in [0.717, 1.165) is 38.5 Å². The third-order valence-corrected chi connectivity index (χ3v) is 4.17. The molecule has 0 bridgehead atoms. The fourth-order valence-corrected chi connectivity index (χ4v) is 2.74. The van der Waals surface area contributed by atoms with Gasteiger partial charge in [0.1, 0.15) is 0 Å². The number of ether oxygens (including phenoxy) is 1. The third kappa shape index (κ3) is 4.71. The molecule has 0 unspecified atom stereocenters. The molecule has 2 N–H and O–H groups in total. The van der Waals surface area contributed by atoms with Crippen LogP contribution in [0.25, 0.3) is 0 Å². The Morgan fingerprint density at radius 1 is 1.04 bits per heavy atom. The molecular weight excluding hydrogens is 326 g/mol. The number of amides is 2. The number of hydrogen-bond acceptors (Lipinski definition) is 3. The molecule has 1 heterocycles. The van der Waals surface area contributed by atoms with Crippen molar-refractivity contribution in [2.24, 2.45) is 0 Å². The van der Waals surface area contributed by atoms with Crippen molar-refractivity contribution < 1.29 is 9.53 Å². The molecule has 5 nitrogen and oxygen atoms in total. The van der Waals surface area contributed by atoms with Crippen LogP contribution >= 0.6 is 11.6 Å². The van der Waals surface area contributed by atoms with E-state index in [2.05, 4.69) is 15.5 Å². The molecule has 2 aromatic rings. The molecule has 1 fully saturated rings. The summed E-state index contributed by atoms with van der Waals surface area (Å²) < 4.78 is 5.35. The van der Waals surface area contributed by atoms with E-state index >= 15 is 0 Å². The Morgan fingerprint density at radius 2 is 1.75 bits per heavy atom. The summed E-state index contributed by atoms with van der Waals surface area (Å²) in [6, 6.07) is 14.7. The maximum absolute atomic E-state index is 12.0. The van der Waals surface area contributed by atoms with E-state index in [0.29, 0.717) is 10.7 Å². The summed E-state index contributed by atoms with van der Waals surface area (Å²) >= 11 is 6.03. The Hall–Kier alpha value is -2.08. The van der Waals surface area contributed by atoms with Gasteiger partial charge in [0.25, 0.3) is 0 Å². The highest BCUT2D eigenvalue weighted by Crippen LogP contribution is 2.20. The zero-order chi connectivity index (χ0) is 16.8. The van der Waals surface area contributed by atoms with Gasteiger partial charge in [-0.25, -0.2) is 4.79 Å². The van der Waals surface area contributed by atoms with Gasteiger partial charge in [0.15, 0.2) is 0 Å². The Kier molecular flexibility index (Phi) is 5.69. The van der Waals surface area contributed by atoms with E-state index in [1.165, 1.54) is 5.56 Å². The van der Waals surface area contributed by atoms with E-state index in [1.807, 2.05) is 36.4 Å². The van der Waals surface area contributed by atoms with Gasteiger partial charge in [-0.2, -0.15) is 0 Å². The lowest BCUT2D eigenvalue weighted by Crippen LogP contribution is -2.35. The van der Waals surface area contributed by atoms with Crippen LogP contribution in [-0.2, 0) is 11.3 Å². The molecular formula is C18H20ClN3O2. The minimum Gasteiger partial charge on any atom is -0.379 e. The highest BCUT2D eigenvalue weighted by Gasteiger charge is 2.11. The average Bonchev–Trinajstić information content (AvgIpc) is 2.60. The van der Waals surface area contributed by atoms with Gasteiger partial charge in [-0.3, -0.25) is 4.90 Å². The molecule has 1 saturated heterocycles. The van der Waals surface area contributed by atoms with Gasteiger partial charge in [0, 0.05) is 25.3 Å². The number of hydrogen-bond donors (Lipinski definition) is 2. The number of carbonyl (C=O) groups excluding carboxylic acids is 1. The maximum atomic E-state index is 12.0. The predicted octanol–water partition coefficient (Wildman–Crippen LogP) is 3.82. The first-order chi connectivity index (χ1) is 11.7. The topological polar surface area (TPSA) is 53.6 Å². The Balaban J connectivity index is 1.53. The van der Waals surface area contributed by atoms with Crippen LogP contribution in [0.4, 0.5) is 16.2 Å². The zero-order valence-corrected chi connectivity index (χ0v) is 14.1. The highest BCUT2D eigenvalue weighted by atomic mass is 35.5. The van der Waals surface area contributed by atoms with Crippen molar-refractivity contribution in [1.82, 2.24) is 4.90 Å². The molecule has 1 aliphatic heterocycles. The zero-order valence-electron chi connectivity index (χ0n) is 13.3. The van der Waals surface area contributed by atoms with E-state index < -0.39 is 0 Å². The summed E-state index contributed by atoms with van der Waals surface area (Å²) in [6.45, 7) is 4.40. The summed E-state index contributed by atoms with van der Waals surface area (Å²) in [5, 5.41) is 6.05. The normalized spacial score (nSPS) is 15.0. The lowest BCUT2D eigenvalue weighted by atomic mass is 10.2. The summed E-state index contributed by atoms with van der Waals surface area (Å²) in [5.74, 6) is 0. The molecule has 0 aromatic heterocycles. The molecule has 6 heteroatoms. The highest BCUT2D eigenvalue weighted by molar-refractivity contribution is 6.33. The molecule has 0 spiro atoms. The number of urea groups is 1. The van der Waals surface area contributed by atoms with Gasteiger partial charge >= 0.3 is 6.03 Å². The smallest absolute Gasteiger partial charge is 0.323 e. The van der Waals surface area contributed by atoms with Crippen LogP contribution in [-0.4, -0.2) is 37.2 Å². The molecule has 2 amide bonds. The number of halogens is 1. The van der Waals surface area contributed by atoms with Gasteiger partial charge in [-0.1, -0.05) is 35.9 Å². The second kappa shape index (κ2) is 8.15. The van der Waals surface area contributed by atoms with Crippen molar-refractivity contribution >= 4 is 29.0 Å². The van der Waals surface area contributed by atoms with Gasteiger partial charge in [-0.15, -0.1) is 0 Å². The van der Waals surface area contributed by atoms with Crippen molar-refractivity contribution in [3.63, 3.8) is 0 Å². The number of morpholine rings is 1. The molecule has 24 heavy (non-hydrogen) atoms. The SMILES string of the molecule is O=C(Nc1ccc(CN2CCOCC2)cc1)Nc1ccccc1Cl. The summed E-state index contributed by atoms with van der Waals surface area (Å²) in [7, 11) is 0. The fraction of sp³-hybridized carbons (Fsp3) is 0.278. The lowest BCUT2D eigenvalue weighted by Gasteiger charge is -2.26. The number of para-hydroxylation sites is 1. The third-order valence-electron chi connectivity index (χ3n) is 3.84. The van der Waals surface area contributed by atoms with E-state index in [-0.39, 0.29) is 6.03 Å². The minimum atomic E-state index is -0.316. The number of carbonyl (C=O) groups is 1. The minimum absolute atomic E-state index is 0.316. The number of nitrogens with zero attached hydrogens (tertiary/aromatic N) is 1. The van der Waals surface area contributed by atoms with Crippen LogP contribution in [0.15, 0.2) is 48.5 Å². The molecule has 2 aromatic carbocycles. The van der Waals surface area contributed by atoms with Crippen molar-refractivity contribution in [3.8, 4) is 0 Å². The van der Waals surface area contributed by atoms with Gasteiger partial charge in [0.05, 0.1) is 23.9 Å². The summed E-state index contributed by atoms with van der Waals surface area (Å²) in [5.41, 5.74) is 2.54. The number of benzene rings is 2. The van der Waals surface area contributed by atoms with Crippen LogP contribution in [0.5, 0.6) is 0 Å². The molecule has 0 aliphatic carbocycles. The van der Waals surface area contributed by atoms with E-state index in [4.69, 9.17) is 16.3 Å². The maximum Gasteiger partial charge on any atom is 0.323 e. The standard InChI is InChI=1S/C18H20ClN3O2/c19-16-3-1-2-4-17(16)21-18(23)20-15-7-5-14(6-8-15)13-22-9-11-24-12-10-22/h1-8H,9-13H2,(H2,20,21,23). The van der Waals surface area contributed by atoms with E-state index in [9.17, 15) is 4.79 Å². The van der Waals surface area contributed by atoms with Crippen LogP contribution in [0.3, 0.4) is 0 Å². The van der Waals surface area contributed by atoms with Gasteiger partial charge in [-0.05, 0) is 29.8 Å². The van der Waals surface area contributed by atoms with Gasteiger partial charge in [0.2, 0.25) is 0 Å². The first kappa shape index (κ1) is 16.8. The average molecular weight is 346 g/mol. The lowest BCUT2D eigenvalue weighted by molar-refractivity contribution is 0.0342. The number of anilines is 2. The predicted molar refractivity (Wildman–Crippen MR) is 96.6 cm³/mol.